The minimum absolute atomic E-state index is 0.0442. The van der Waals surface area contributed by atoms with E-state index in [1.54, 1.807) is 0 Å². The SMILES string of the molecule is O=C(C1CCc2ccccc21)N1CCN(c2cccc3c2CCOO3)CC1. The first-order valence-electron chi connectivity index (χ1n) is 9.84. The number of fused-ring (bicyclic) bond motifs is 2. The minimum atomic E-state index is 0.0442. The van der Waals surface area contributed by atoms with Gasteiger partial charge in [-0.15, -0.1) is 0 Å². The normalized spacial score (nSPS) is 21.4. The van der Waals surface area contributed by atoms with Crippen LogP contribution in [0.5, 0.6) is 5.75 Å². The number of aryl methyl sites for hydroxylation is 1. The largest absolute Gasteiger partial charge is 0.368 e. The molecule has 1 aliphatic carbocycles. The third kappa shape index (κ3) is 2.96. The Balaban J connectivity index is 1.28. The van der Waals surface area contributed by atoms with E-state index in [0.717, 1.165) is 51.2 Å². The Morgan fingerprint density at radius 1 is 0.963 bits per heavy atom. The van der Waals surface area contributed by atoms with Gasteiger partial charge in [0.2, 0.25) is 5.91 Å². The third-order valence-electron chi connectivity index (χ3n) is 6.06. The monoisotopic (exact) mass is 364 g/mol. The van der Waals surface area contributed by atoms with E-state index in [2.05, 4.69) is 34.1 Å². The van der Waals surface area contributed by atoms with Gasteiger partial charge < -0.3 is 14.7 Å². The quantitative estimate of drug-likeness (QED) is 0.769. The first kappa shape index (κ1) is 16.6. The number of nitrogens with zero attached hydrogens (tertiary/aromatic N) is 2. The van der Waals surface area contributed by atoms with Crippen molar-refractivity contribution in [2.24, 2.45) is 0 Å². The first-order valence-corrected chi connectivity index (χ1v) is 9.84. The molecule has 2 heterocycles. The number of hydrogen-bond acceptors (Lipinski definition) is 4. The number of rotatable bonds is 2. The second-order valence-corrected chi connectivity index (χ2v) is 7.51. The van der Waals surface area contributed by atoms with E-state index in [-0.39, 0.29) is 5.92 Å². The molecule has 0 radical (unpaired) electrons. The summed E-state index contributed by atoms with van der Waals surface area (Å²) in [7, 11) is 0. The summed E-state index contributed by atoms with van der Waals surface area (Å²) < 4.78 is 0. The summed E-state index contributed by atoms with van der Waals surface area (Å²) in [6.45, 7) is 3.86. The molecular formula is C22H24N2O3. The lowest BCUT2D eigenvalue weighted by molar-refractivity contribution is -0.215. The molecule has 0 aromatic heterocycles. The Bertz CT molecular complexity index is 858. The molecule has 5 rings (SSSR count). The summed E-state index contributed by atoms with van der Waals surface area (Å²) in [5, 5.41) is 0. The van der Waals surface area contributed by atoms with Crippen LogP contribution in [0.3, 0.4) is 0 Å². The Morgan fingerprint density at radius 2 is 1.81 bits per heavy atom. The van der Waals surface area contributed by atoms with Crippen molar-refractivity contribution in [3.05, 3.63) is 59.2 Å². The van der Waals surface area contributed by atoms with Crippen molar-refractivity contribution in [2.45, 2.75) is 25.2 Å². The number of carbonyl (C=O) groups excluding carboxylic acids is 1. The van der Waals surface area contributed by atoms with Crippen LogP contribution in [0, 0.1) is 0 Å². The standard InChI is InChI=1S/C22H24N2O3/c25-22(18-9-8-16-4-1-2-5-17(16)18)24-13-11-23(12-14-24)20-6-3-7-21-19(20)10-15-26-27-21/h1-7,18H,8-15H2. The molecule has 2 aliphatic heterocycles. The van der Waals surface area contributed by atoms with Gasteiger partial charge in [-0.1, -0.05) is 30.3 Å². The van der Waals surface area contributed by atoms with E-state index in [1.165, 1.54) is 22.4 Å². The Hall–Kier alpha value is -2.53. The maximum absolute atomic E-state index is 13.1. The molecule has 0 N–H and O–H groups in total. The molecular weight excluding hydrogens is 340 g/mol. The van der Waals surface area contributed by atoms with Crippen LogP contribution in [-0.4, -0.2) is 43.6 Å². The predicted octanol–water partition coefficient (Wildman–Crippen LogP) is 2.93. The fourth-order valence-electron chi connectivity index (χ4n) is 4.63. The van der Waals surface area contributed by atoms with Crippen molar-refractivity contribution in [1.82, 2.24) is 4.90 Å². The maximum Gasteiger partial charge on any atom is 0.230 e. The summed E-state index contributed by atoms with van der Waals surface area (Å²) >= 11 is 0. The summed E-state index contributed by atoms with van der Waals surface area (Å²) in [6, 6.07) is 14.5. The van der Waals surface area contributed by atoms with E-state index in [1.807, 2.05) is 18.2 Å². The molecule has 5 nitrogen and oxygen atoms in total. The van der Waals surface area contributed by atoms with Crippen LogP contribution >= 0.6 is 0 Å². The molecule has 2 aromatic carbocycles. The van der Waals surface area contributed by atoms with E-state index >= 15 is 0 Å². The van der Waals surface area contributed by atoms with Crippen LogP contribution in [0.25, 0.3) is 0 Å². The molecule has 0 saturated carbocycles. The van der Waals surface area contributed by atoms with Crippen LogP contribution < -0.4 is 9.79 Å². The van der Waals surface area contributed by atoms with Crippen molar-refractivity contribution in [2.75, 3.05) is 37.7 Å². The van der Waals surface area contributed by atoms with Gasteiger partial charge in [-0.3, -0.25) is 4.79 Å². The lowest BCUT2D eigenvalue weighted by Crippen LogP contribution is -2.50. The molecule has 0 bridgehead atoms. The molecule has 1 unspecified atom stereocenters. The molecule has 140 valence electrons. The van der Waals surface area contributed by atoms with Crippen LogP contribution in [0.15, 0.2) is 42.5 Å². The van der Waals surface area contributed by atoms with Gasteiger partial charge in [0.05, 0.1) is 12.5 Å². The van der Waals surface area contributed by atoms with Gasteiger partial charge in [0, 0.05) is 43.9 Å². The molecule has 1 fully saturated rings. The topological polar surface area (TPSA) is 42.0 Å². The van der Waals surface area contributed by atoms with Gasteiger partial charge >= 0.3 is 0 Å². The predicted molar refractivity (Wildman–Crippen MR) is 103 cm³/mol. The lowest BCUT2D eigenvalue weighted by Gasteiger charge is -2.38. The fourth-order valence-corrected chi connectivity index (χ4v) is 4.63. The lowest BCUT2D eigenvalue weighted by atomic mass is 9.99. The molecule has 1 saturated heterocycles. The van der Waals surface area contributed by atoms with Gasteiger partial charge in [-0.05, 0) is 36.1 Å². The van der Waals surface area contributed by atoms with Crippen molar-refractivity contribution in [3.8, 4) is 5.75 Å². The van der Waals surface area contributed by atoms with Gasteiger partial charge in [0.15, 0.2) is 5.75 Å². The third-order valence-corrected chi connectivity index (χ3v) is 6.06. The van der Waals surface area contributed by atoms with Gasteiger partial charge in [0.25, 0.3) is 0 Å². The van der Waals surface area contributed by atoms with Crippen LogP contribution in [0.2, 0.25) is 0 Å². The van der Waals surface area contributed by atoms with Crippen molar-refractivity contribution in [3.63, 3.8) is 0 Å². The minimum Gasteiger partial charge on any atom is -0.368 e. The number of hydrogen-bond donors (Lipinski definition) is 0. The van der Waals surface area contributed by atoms with Gasteiger partial charge in [-0.25, -0.2) is 0 Å². The molecule has 1 atom stereocenters. The number of benzene rings is 2. The highest BCUT2D eigenvalue weighted by molar-refractivity contribution is 5.85. The maximum atomic E-state index is 13.1. The van der Waals surface area contributed by atoms with Gasteiger partial charge in [0.1, 0.15) is 0 Å². The Kier molecular flexibility index (Phi) is 4.24. The molecule has 2 aromatic rings. The second kappa shape index (κ2) is 6.89. The summed E-state index contributed by atoms with van der Waals surface area (Å²) in [5.74, 6) is 1.16. The fraction of sp³-hybridized carbons (Fsp3) is 0.409. The Labute approximate surface area is 159 Å². The molecule has 5 heteroatoms. The number of carbonyl (C=O) groups is 1. The highest BCUT2D eigenvalue weighted by atomic mass is 17.2. The average molecular weight is 364 g/mol. The molecule has 0 spiro atoms. The summed E-state index contributed by atoms with van der Waals surface area (Å²) in [4.78, 5) is 28.0. The second-order valence-electron chi connectivity index (χ2n) is 7.51. The van der Waals surface area contributed by atoms with Crippen molar-refractivity contribution in [1.29, 1.82) is 0 Å². The smallest absolute Gasteiger partial charge is 0.230 e. The zero-order valence-electron chi connectivity index (χ0n) is 15.4. The summed E-state index contributed by atoms with van der Waals surface area (Å²) in [6.07, 6.45) is 2.83. The number of anilines is 1. The molecule has 3 aliphatic rings. The molecule has 27 heavy (non-hydrogen) atoms. The molecule has 1 amide bonds. The summed E-state index contributed by atoms with van der Waals surface area (Å²) in [5.41, 5.74) is 5.01. The van der Waals surface area contributed by atoms with Crippen LogP contribution in [-0.2, 0) is 22.5 Å². The van der Waals surface area contributed by atoms with Gasteiger partial charge in [-0.2, -0.15) is 4.89 Å². The zero-order chi connectivity index (χ0) is 18.2. The average Bonchev–Trinajstić information content (AvgIpc) is 3.17. The van der Waals surface area contributed by atoms with E-state index in [9.17, 15) is 4.79 Å². The zero-order valence-corrected chi connectivity index (χ0v) is 15.4. The number of piperazine rings is 1. The number of amides is 1. The highest BCUT2D eigenvalue weighted by Gasteiger charge is 2.33. The highest BCUT2D eigenvalue weighted by Crippen LogP contribution is 2.36. The van der Waals surface area contributed by atoms with E-state index in [4.69, 9.17) is 9.78 Å². The van der Waals surface area contributed by atoms with Crippen LogP contribution in [0.1, 0.15) is 29.0 Å². The Morgan fingerprint density at radius 3 is 2.70 bits per heavy atom. The van der Waals surface area contributed by atoms with E-state index in [0.29, 0.717) is 12.5 Å². The van der Waals surface area contributed by atoms with Crippen LogP contribution in [0.4, 0.5) is 5.69 Å². The van der Waals surface area contributed by atoms with Crippen molar-refractivity contribution >= 4 is 11.6 Å². The first-order chi connectivity index (χ1) is 13.3. The van der Waals surface area contributed by atoms with Crippen molar-refractivity contribution < 1.29 is 14.6 Å². The van der Waals surface area contributed by atoms with E-state index < -0.39 is 0 Å².